The second-order valence-electron chi connectivity index (χ2n) is 6.56. The minimum absolute atomic E-state index is 0.112. The molecule has 0 atom stereocenters. The number of carbonyl (C=O) groups excluding carboxylic acids is 1. The Morgan fingerprint density at radius 3 is 2.79 bits per heavy atom. The molecule has 0 bridgehead atoms. The van der Waals surface area contributed by atoms with E-state index in [0.717, 1.165) is 27.0 Å². The van der Waals surface area contributed by atoms with Crippen molar-refractivity contribution >= 4 is 33.8 Å². The van der Waals surface area contributed by atoms with Crippen LogP contribution >= 0.6 is 11.3 Å². The second kappa shape index (κ2) is 6.99. The molecule has 0 unspecified atom stereocenters. The monoisotopic (exact) mass is 400 g/mol. The van der Waals surface area contributed by atoms with Crippen LogP contribution in [0.15, 0.2) is 66.2 Å². The Hall–Kier alpha value is -3.78. The Labute approximate surface area is 170 Å². The highest BCUT2D eigenvalue weighted by atomic mass is 32.1. The van der Waals surface area contributed by atoms with Crippen molar-refractivity contribution in [2.45, 2.75) is 6.92 Å². The molecule has 0 aliphatic carbocycles. The Morgan fingerprint density at radius 2 is 2.00 bits per heavy atom. The van der Waals surface area contributed by atoms with E-state index >= 15 is 0 Å². The topological polar surface area (TPSA) is 88.5 Å². The number of hydrogen-bond acceptors (Lipinski definition) is 5. The molecule has 0 fully saturated rings. The van der Waals surface area contributed by atoms with Crippen LogP contribution in [0.5, 0.6) is 0 Å². The average Bonchev–Trinajstić information content (AvgIpc) is 3.48. The lowest BCUT2D eigenvalue weighted by Crippen LogP contribution is -2.15. The quantitative estimate of drug-likeness (QED) is 0.467. The first-order valence-corrected chi connectivity index (χ1v) is 9.88. The Morgan fingerprint density at radius 1 is 1.14 bits per heavy atom. The van der Waals surface area contributed by atoms with Crippen molar-refractivity contribution in [2.75, 3.05) is 5.32 Å². The van der Waals surface area contributed by atoms with Crippen LogP contribution in [-0.2, 0) is 0 Å². The molecule has 0 spiro atoms. The molecular weight excluding hydrogens is 384 g/mol. The number of benzene rings is 2. The van der Waals surface area contributed by atoms with Crippen LogP contribution < -0.4 is 5.32 Å². The molecule has 8 heteroatoms. The summed E-state index contributed by atoms with van der Waals surface area (Å²) in [4.78, 5) is 18.4. The third-order valence-electron chi connectivity index (χ3n) is 4.59. The molecule has 0 radical (unpaired) electrons. The van der Waals surface area contributed by atoms with Gasteiger partial charge in [0.25, 0.3) is 5.91 Å². The summed E-state index contributed by atoms with van der Waals surface area (Å²) < 4.78 is 1.70. The predicted molar refractivity (Wildman–Crippen MR) is 113 cm³/mol. The Bertz CT molecular complexity index is 1300. The summed E-state index contributed by atoms with van der Waals surface area (Å²) in [6.07, 6.45) is 1.75. The van der Waals surface area contributed by atoms with Crippen molar-refractivity contribution in [1.82, 2.24) is 25.0 Å². The minimum atomic E-state index is -0.362. The molecule has 0 saturated carbocycles. The number of H-pyrrole nitrogens is 1. The highest BCUT2D eigenvalue weighted by Crippen LogP contribution is 2.26. The number of nitrogens with zero attached hydrogens (tertiary/aromatic N) is 4. The SMILES string of the molecule is Cc1cc2cn[nH]c2cc1NC(=O)c1nc(-c2cccs2)n(-c2ccccc2)n1. The molecule has 2 N–H and O–H groups in total. The highest BCUT2D eigenvalue weighted by Gasteiger charge is 2.20. The van der Waals surface area contributed by atoms with Crippen LogP contribution in [0.3, 0.4) is 0 Å². The first-order valence-electron chi connectivity index (χ1n) is 9.00. The summed E-state index contributed by atoms with van der Waals surface area (Å²) in [5, 5.41) is 17.3. The summed E-state index contributed by atoms with van der Waals surface area (Å²) >= 11 is 1.55. The maximum atomic E-state index is 12.9. The third kappa shape index (κ3) is 3.19. The number of nitrogens with one attached hydrogen (secondary N) is 2. The number of carbonyl (C=O) groups is 1. The van der Waals surface area contributed by atoms with Crippen molar-refractivity contribution in [2.24, 2.45) is 0 Å². The van der Waals surface area contributed by atoms with Crippen molar-refractivity contribution < 1.29 is 4.79 Å². The van der Waals surface area contributed by atoms with E-state index in [1.165, 1.54) is 0 Å². The summed E-state index contributed by atoms with van der Waals surface area (Å²) in [7, 11) is 0. The standard InChI is InChI=1S/C21H16N6OS/c1-13-10-14-12-22-25-17(14)11-16(13)23-21(28)19-24-20(18-8-5-9-29-18)27(26-19)15-6-3-2-4-7-15/h2-12H,1H3,(H,22,25)(H,23,28). The smallest absolute Gasteiger partial charge is 0.295 e. The fourth-order valence-corrected chi connectivity index (χ4v) is 3.84. The van der Waals surface area contributed by atoms with Gasteiger partial charge in [0.1, 0.15) is 0 Å². The van der Waals surface area contributed by atoms with E-state index in [1.807, 2.05) is 66.9 Å². The number of anilines is 1. The van der Waals surface area contributed by atoms with E-state index in [9.17, 15) is 4.79 Å². The second-order valence-corrected chi connectivity index (χ2v) is 7.51. The van der Waals surface area contributed by atoms with Gasteiger partial charge in [0, 0.05) is 11.1 Å². The largest absolute Gasteiger partial charge is 0.319 e. The predicted octanol–water partition coefficient (Wildman–Crippen LogP) is 4.43. The average molecular weight is 400 g/mol. The summed E-state index contributed by atoms with van der Waals surface area (Å²) in [5.74, 6) is 0.387. The van der Waals surface area contributed by atoms with Crippen LogP contribution in [0.4, 0.5) is 5.69 Å². The lowest BCUT2D eigenvalue weighted by molar-refractivity contribution is 0.101. The van der Waals surface area contributed by atoms with Gasteiger partial charge in [-0.3, -0.25) is 9.89 Å². The van der Waals surface area contributed by atoms with Gasteiger partial charge in [0.05, 0.1) is 22.3 Å². The number of aromatic amines is 1. The number of amides is 1. The molecule has 1 amide bonds. The molecule has 7 nitrogen and oxygen atoms in total. The van der Waals surface area contributed by atoms with Gasteiger partial charge in [-0.1, -0.05) is 24.3 Å². The van der Waals surface area contributed by atoms with Crippen molar-refractivity contribution in [1.29, 1.82) is 0 Å². The van der Waals surface area contributed by atoms with Crippen LogP contribution in [0, 0.1) is 6.92 Å². The fraction of sp³-hybridized carbons (Fsp3) is 0.0476. The van der Waals surface area contributed by atoms with Gasteiger partial charge in [-0.25, -0.2) is 9.67 Å². The first kappa shape index (κ1) is 17.3. The summed E-state index contributed by atoms with van der Waals surface area (Å²) in [5.41, 5.74) is 3.33. The van der Waals surface area contributed by atoms with E-state index in [4.69, 9.17) is 0 Å². The third-order valence-corrected chi connectivity index (χ3v) is 5.45. The van der Waals surface area contributed by atoms with Crippen LogP contribution in [0.25, 0.3) is 27.3 Å². The Balaban J connectivity index is 1.53. The molecule has 5 rings (SSSR count). The number of rotatable bonds is 4. The molecular formula is C21H16N6OS. The first-order chi connectivity index (χ1) is 14.2. The molecule has 3 aromatic heterocycles. The highest BCUT2D eigenvalue weighted by molar-refractivity contribution is 7.13. The molecule has 0 saturated heterocycles. The summed E-state index contributed by atoms with van der Waals surface area (Å²) in [6, 6.07) is 17.4. The van der Waals surface area contributed by atoms with Gasteiger partial charge < -0.3 is 5.32 Å². The van der Waals surface area contributed by atoms with Crippen molar-refractivity contribution in [3.63, 3.8) is 0 Å². The zero-order valence-corrected chi connectivity index (χ0v) is 16.3. The normalized spacial score (nSPS) is 11.1. The van der Waals surface area contributed by atoms with Crippen molar-refractivity contribution in [3.8, 4) is 16.4 Å². The van der Waals surface area contributed by atoms with Gasteiger partial charge in [0.2, 0.25) is 5.82 Å². The van der Waals surface area contributed by atoms with Crippen molar-refractivity contribution in [3.05, 3.63) is 77.6 Å². The number of fused-ring (bicyclic) bond motifs is 1. The molecule has 0 aliphatic rings. The number of para-hydroxylation sites is 1. The van der Waals surface area contributed by atoms with Gasteiger partial charge in [-0.05, 0) is 48.2 Å². The van der Waals surface area contributed by atoms with Gasteiger partial charge >= 0.3 is 0 Å². The Kier molecular flexibility index (Phi) is 4.18. The van der Waals surface area contributed by atoms with Crippen LogP contribution in [-0.4, -0.2) is 30.9 Å². The number of thiophene rings is 1. The maximum absolute atomic E-state index is 12.9. The van der Waals surface area contributed by atoms with E-state index < -0.39 is 0 Å². The molecule has 142 valence electrons. The molecule has 0 aliphatic heterocycles. The number of aromatic nitrogens is 5. The molecule has 3 heterocycles. The molecule has 29 heavy (non-hydrogen) atoms. The van der Waals surface area contributed by atoms with E-state index in [2.05, 4.69) is 25.6 Å². The van der Waals surface area contributed by atoms with Crippen LogP contribution in [0.1, 0.15) is 16.2 Å². The van der Waals surface area contributed by atoms with Crippen LogP contribution in [0.2, 0.25) is 0 Å². The van der Waals surface area contributed by atoms with Gasteiger partial charge in [0.15, 0.2) is 5.82 Å². The minimum Gasteiger partial charge on any atom is -0.319 e. The summed E-state index contributed by atoms with van der Waals surface area (Å²) in [6.45, 7) is 1.94. The zero-order chi connectivity index (χ0) is 19.8. The van der Waals surface area contributed by atoms with E-state index in [-0.39, 0.29) is 11.7 Å². The van der Waals surface area contributed by atoms with E-state index in [1.54, 1.807) is 22.2 Å². The molecule has 2 aromatic carbocycles. The van der Waals surface area contributed by atoms with Gasteiger partial charge in [-0.15, -0.1) is 16.4 Å². The van der Waals surface area contributed by atoms with Gasteiger partial charge in [-0.2, -0.15) is 5.10 Å². The van der Waals surface area contributed by atoms with E-state index in [0.29, 0.717) is 11.5 Å². The maximum Gasteiger partial charge on any atom is 0.295 e. The lowest BCUT2D eigenvalue weighted by atomic mass is 10.1. The fourth-order valence-electron chi connectivity index (χ4n) is 3.14. The number of hydrogen-bond donors (Lipinski definition) is 2. The number of aryl methyl sites for hydroxylation is 1. The molecule has 5 aromatic rings. The lowest BCUT2D eigenvalue weighted by Gasteiger charge is -2.06. The zero-order valence-electron chi connectivity index (χ0n) is 15.5.